The molecule has 0 radical (unpaired) electrons. The summed E-state index contributed by atoms with van der Waals surface area (Å²) >= 11 is 0. The van der Waals surface area contributed by atoms with Gasteiger partial charge >= 0.3 is 5.69 Å². The molecular formula is C18H22N4O4. The van der Waals surface area contributed by atoms with Crippen molar-refractivity contribution in [3.63, 3.8) is 0 Å². The van der Waals surface area contributed by atoms with Crippen molar-refractivity contribution in [1.82, 2.24) is 14.5 Å². The summed E-state index contributed by atoms with van der Waals surface area (Å²) in [6, 6.07) is 8.82. The highest BCUT2D eigenvalue weighted by Crippen LogP contribution is 2.29. The Morgan fingerprint density at radius 1 is 1.31 bits per heavy atom. The van der Waals surface area contributed by atoms with E-state index in [1.54, 1.807) is 12.0 Å². The molecule has 0 bridgehead atoms. The number of benzene rings is 1. The minimum atomic E-state index is -0.516. The van der Waals surface area contributed by atoms with Gasteiger partial charge in [-0.15, -0.1) is 0 Å². The van der Waals surface area contributed by atoms with Crippen molar-refractivity contribution in [3.05, 3.63) is 62.9 Å². The van der Waals surface area contributed by atoms with Gasteiger partial charge in [-0.1, -0.05) is 12.1 Å². The van der Waals surface area contributed by atoms with Crippen LogP contribution in [-0.4, -0.2) is 46.6 Å². The SMILES string of the molecule is COc1cccc([C@@H]2CN(C(=O)CCn3ccc(=O)[nH]c3=O)C[C@H]2N)c1. The summed E-state index contributed by atoms with van der Waals surface area (Å²) in [6.45, 7) is 1.22. The summed E-state index contributed by atoms with van der Waals surface area (Å²) in [5, 5.41) is 0. The Balaban J connectivity index is 1.64. The lowest BCUT2D eigenvalue weighted by Crippen LogP contribution is -2.34. The van der Waals surface area contributed by atoms with Crippen LogP contribution in [0.2, 0.25) is 0 Å². The molecule has 1 aromatic carbocycles. The number of rotatable bonds is 5. The number of nitrogens with two attached hydrogens (primary N) is 1. The Morgan fingerprint density at radius 2 is 2.12 bits per heavy atom. The quantitative estimate of drug-likeness (QED) is 0.775. The number of aromatic amines is 1. The Bertz CT molecular complexity index is 904. The van der Waals surface area contributed by atoms with Gasteiger partial charge in [0, 0.05) is 50.3 Å². The van der Waals surface area contributed by atoms with Crippen LogP contribution in [0.15, 0.2) is 46.1 Å². The van der Waals surface area contributed by atoms with E-state index < -0.39 is 11.2 Å². The molecule has 0 unspecified atom stereocenters. The van der Waals surface area contributed by atoms with Gasteiger partial charge < -0.3 is 19.9 Å². The van der Waals surface area contributed by atoms with Crippen molar-refractivity contribution < 1.29 is 9.53 Å². The van der Waals surface area contributed by atoms with Crippen LogP contribution in [-0.2, 0) is 11.3 Å². The summed E-state index contributed by atoms with van der Waals surface area (Å²) in [5.41, 5.74) is 6.32. The van der Waals surface area contributed by atoms with E-state index in [4.69, 9.17) is 10.5 Å². The fraction of sp³-hybridized carbons (Fsp3) is 0.389. The fourth-order valence-electron chi connectivity index (χ4n) is 3.25. The third-order valence-electron chi connectivity index (χ3n) is 4.70. The van der Waals surface area contributed by atoms with Crippen molar-refractivity contribution in [2.75, 3.05) is 20.2 Å². The van der Waals surface area contributed by atoms with Crippen LogP contribution >= 0.6 is 0 Å². The number of H-pyrrole nitrogens is 1. The number of ether oxygens (including phenoxy) is 1. The maximum Gasteiger partial charge on any atom is 0.328 e. The molecule has 0 saturated carbocycles. The van der Waals surface area contributed by atoms with E-state index in [0.29, 0.717) is 13.1 Å². The van der Waals surface area contributed by atoms with Crippen LogP contribution in [0.3, 0.4) is 0 Å². The molecule has 0 aliphatic carbocycles. The van der Waals surface area contributed by atoms with Crippen molar-refractivity contribution in [2.45, 2.75) is 24.9 Å². The monoisotopic (exact) mass is 358 g/mol. The lowest BCUT2D eigenvalue weighted by atomic mass is 9.95. The van der Waals surface area contributed by atoms with Crippen molar-refractivity contribution in [3.8, 4) is 5.75 Å². The summed E-state index contributed by atoms with van der Waals surface area (Å²) in [7, 11) is 1.61. The number of nitrogens with zero attached hydrogens (tertiary/aromatic N) is 2. The zero-order chi connectivity index (χ0) is 18.7. The first-order valence-corrected chi connectivity index (χ1v) is 8.45. The first-order chi connectivity index (χ1) is 12.5. The van der Waals surface area contributed by atoms with E-state index in [2.05, 4.69) is 4.98 Å². The molecule has 138 valence electrons. The van der Waals surface area contributed by atoms with Crippen molar-refractivity contribution in [2.24, 2.45) is 5.73 Å². The number of likely N-dealkylation sites (tertiary alicyclic amines) is 1. The van der Waals surface area contributed by atoms with Gasteiger partial charge in [0.2, 0.25) is 5.91 Å². The van der Waals surface area contributed by atoms with Crippen LogP contribution < -0.4 is 21.7 Å². The number of nitrogens with one attached hydrogen (secondary N) is 1. The van der Waals surface area contributed by atoms with Crippen LogP contribution in [0.4, 0.5) is 0 Å². The second kappa shape index (κ2) is 7.57. The number of aryl methyl sites for hydroxylation is 1. The van der Waals surface area contributed by atoms with Crippen molar-refractivity contribution >= 4 is 5.91 Å². The Hall–Kier alpha value is -2.87. The zero-order valence-corrected chi connectivity index (χ0v) is 14.6. The van der Waals surface area contributed by atoms with Gasteiger partial charge in [-0.05, 0) is 17.7 Å². The van der Waals surface area contributed by atoms with Gasteiger partial charge in [-0.2, -0.15) is 0 Å². The van der Waals surface area contributed by atoms with E-state index in [0.717, 1.165) is 11.3 Å². The highest BCUT2D eigenvalue weighted by Gasteiger charge is 2.33. The molecule has 2 aromatic rings. The third kappa shape index (κ3) is 3.85. The maximum absolute atomic E-state index is 12.5. The predicted molar refractivity (Wildman–Crippen MR) is 96.2 cm³/mol. The summed E-state index contributed by atoms with van der Waals surface area (Å²) < 4.78 is 6.57. The molecule has 1 aromatic heterocycles. The highest BCUT2D eigenvalue weighted by molar-refractivity contribution is 5.76. The number of aromatic nitrogens is 2. The van der Waals surface area contributed by atoms with Crippen LogP contribution in [0, 0.1) is 0 Å². The zero-order valence-electron chi connectivity index (χ0n) is 14.6. The molecule has 1 saturated heterocycles. The molecule has 3 rings (SSSR count). The topological polar surface area (TPSA) is 110 Å². The summed E-state index contributed by atoms with van der Waals surface area (Å²) in [4.78, 5) is 39.2. The van der Waals surface area contributed by atoms with E-state index in [1.807, 2.05) is 24.3 Å². The smallest absolute Gasteiger partial charge is 0.328 e. The van der Waals surface area contributed by atoms with Gasteiger partial charge in [0.15, 0.2) is 0 Å². The number of methoxy groups -OCH3 is 1. The predicted octanol–water partition coefficient (Wildman–Crippen LogP) is -0.111. The van der Waals surface area contributed by atoms with Crippen molar-refractivity contribution in [1.29, 1.82) is 0 Å². The lowest BCUT2D eigenvalue weighted by molar-refractivity contribution is -0.130. The van der Waals surface area contributed by atoms with Gasteiger partial charge in [-0.3, -0.25) is 14.6 Å². The van der Waals surface area contributed by atoms with E-state index in [9.17, 15) is 14.4 Å². The number of amides is 1. The highest BCUT2D eigenvalue weighted by atomic mass is 16.5. The molecule has 2 atom stereocenters. The van der Waals surface area contributed by atoms with E-state index in [1.165, 1.54) is 16.8 Å². The standard InChI is InChI=1S/C18H22N4O4/c1-26-13-4-2-3-12(9-13)14-10-22(11-15(14)19)17(24)6-8-21-7-5-16(23)20-18(21)25/h2-5,7,9,14-15H,6,8,10-11,19H2,1H3,(H,20,23,25)/t14-,15+/m0/s1. The Labute approximate surface area is 150 Å². The Kier molecular flexibility index (Phi) is 5.22. The van der Waals surface area contributed by atoms with Gasteiger partial charge in [-0.25, -0.2) is 4.79 Å². The lowest BCUT2D eigenvalue weighted by Gasteiger charge is -2.17. The number of carbonyl (C=O) groups excluding carboxylic acids is 1. The minimum absolute atomic E-state index is 0.0462. The average molecular weight is 358 g/mol. The fourth-order valence-corrected chi connectivity index (χ4v) is 3.25. The number of hydrogen-bond acceptors (Lipinski definition) is 5. The minimum Gasteiger partial charge on any atom is -0.497 e. The normalized spacial score (nSPS) is 19.5. The van der Waals surface area contributed by atoms with Gasteiger partial charge in [0.25, 0.3) is 5.56 Å². The summed E-state index contributed by atoms with van der Waals surface area (Å²) in [6.07, 6.45) is 1.56. The maximum atomic E-state index is 12.5. The summed E-state index contributed by atoms with van der Waals surface area (Å²) in [5.74, 6) is 0.741. The molecule has 1 amide bonds. The average Bonchev–Trinajstić information content (AvgIpc) is 3.02. The van der Waals surface area contributed by atoms with E-state index >= 15 is 0 Å². The second-order valence-corrected chi connectivity index (χ2v) is 6.40. The Morgan fingerprint density at radius 3 is 2.85 bits per heavy atom. The largest absolute Gasteiger partial charge is 0.497 e. The number of carbonyl (C=O) groups is 1. The molecule has 2 heterocycles. The molecule has 3 N–H and O–H groups in total. The number of hydrogen-bond donors (Lipinski definition) is 2. The van der Waals surface area contributed by atoms with Crippen LogP contribution in [0.25, 0.3) is 0 Å². The van der Waals surface area contributed by atoms with Crippen LogP contribution in [0.1, 0.15) is 17.9 Å². The van der Waals surface area contributed by atoms with Gasteiger partial charge in [0.1, 0.15) is 5.75 Å². The molecule has 1 aliphatic heterocycles. The molecule has 1 fully saturated rings. The molecule has 0 spiro atoms. The van der Waals surface area contributed by atoms with Gasteiger partial charge in [0.05, 0.1) is 7.11 Å². The molecule has 1 aliphatic rings. The molecule has 8 nitrogen and oxygen atoms in total. The second-order valence-electron chi connectivity index (χ2n) is 6.40. The molecule has 26 heavy (non-hydrogen) atoms. The van der Waals surface area contributed by atoms with E-state index in [-0.39, 0.29) is 30.8 Å². The molecule has 8 heteroatoms. The first-order valence-electron chi connectivity index (χ1n) is 8.45. The third-order valence-corrected chi connectivity index (χ3v) is 4.70. The molecular weight excluding hydrogens is 336 g/mol. The van der Waals surface area contributed by atoms with Crippen LogP contribution in [0.5, 0.6) is 5.75 Å². The first kappa shape index (κ1) is 17.9.